The molecule has 3 aromatic rings. The van der Waals surface area contributed by atoms with Gasteiger partial charge < -0.3 is 4.74 Å². The Morgan fingerprint density at radius 1 is 1.17 bits per heavy atom. The number of fused-ring (bicyclic) bond motifs is 1. The van der Waals surface area contributed by atoms with Gasteiger partial charge in [0.25, 0.3) is 0 Å². The maximum atomic E-state index is 13.5. The van der Waals surface area contributed by atoms with E-state index in [2.05, 4.69) is 27.7 Å². The summed E-state index contributed by atoms with van der Waals surface area (Å²) in [6.07, 6.45) is -2.45. The summed E-state index contributed by atoms with van der Waals surface area (Å²) in [5.74, 6) is 1.01. The molecule has 1 aliphatic carbocycles. The zero-order valence-corrected chi connectivity index (χ0v) is 18.8. The minimum absolute atomic E-state index is 0.0349. The highest BCUT2D eigenvalue weighted by molar-refractivity contribution is 14.1. The lowest BCUT2D eigenvalue weighted by molar-refractivity contribution is -0.144. The summed E-state index contributed by atoms with van der Waals surface area (Å²) in [6, 6.07) is 13.7. The molecule has 3 nitrogen and oxygen atoms in total. The van der Waals surface area contributed by atoms with Crippen molar-refractivity contribution in [3.63, 3.8) is 0 Å². The van der Waals surface area contributed by atoms with Gasteiger partial charge in [-0.05, 0) is 48.1 Å². The second kappa shape index (κ2) is 8.78. The molecule has 30 heavy (non-hydrogen) atoms. The van der Waals surface area contributed by atoms with Gasteiger partial charge in [-0.25, -0.2) is 0 Å². The Kier molecular flexibility index (Phi) is 6.29. The van der Waals surface area contributed by atoms with Crippen molar-refractivity contribution in [1.29, 1.82) is 0 Å². The van der Waals surface area contributed by atoms with Crippen LogP contribution in [0, 0.1) is 0 Å². The summed E-state index contributed by atoms with van der Waals surface area (Å²) in [5, 5.41) is 4.65. The zero-order chi connectivity index (χ0) is 21.3. The van der Waals surface area contributed by atoms with Gasteiger partial charge in [0.15, 0.2) is 0 Å². The number of aromatic nitrogens is 2. The van der Waals surface area contributed by atoms with Crippen molar-refractivity contribution in [2.75, 3.05) is 11.0 Å². The highest BCUT2D eigenvalue weighted by Crippen LogP contribution is 2.40. The molecule has 0 amide bonds. The van der Waals surface area contributed by atoms with Crippen LogP contribution in [0.25, 0.3) is 11.3 Å². The first kappa shape index (κ1) is 21.5. The second-order valence-corrected chi connectivity index (χ2v) is 8.51. The molecule has 1 heterocycles. The molecule has 0 saturated heterocycles. The molecule has 1 atom stereocenters. The van der Waals surface area contributed by atoms with Crippen molar-refractivity contribution >= 4 is 34.2 Å². The molecule has 8 heteroatoms. The number of rotatable bonds is 6. The average molecular weight is 547 g/mol. The molecule has 0 spiro atoms. The fourth-order valence-corrected chi connectivity index (χ4v) is 4.91. The molecule has 158 valence electrons. The summed E-state index contributed by atoms with van der Waals surface area (Å²) in [6.45, 7) is -0.00131. The van der Waals surface area contributed by atoms with Crippen molar-refractivity contribution < 1.29 is 17.9 Å². The van der Waals surface area contributed by atoms with Crippen LogP contribution in [0.2, 0.25) is 5.02 Å². The number of hydrogen-bond donors (Lipinski definition) is 0. The molecule has 0 unspecified atom stereocenters. The standard InChI is InChI=1S/C22H19ClF3IN2O/c23-18-11-17-15(6-7-16(17)13-27)10-20(18)30-9-8-29-21(22(24,25)26)12-19(28-29)14-4-2-1-3-5-14/h1-5,10-12,16H,6-9,13H2/t16-/m0/s1. The van der Waals surface area contributed by atoms with Gasteiger partial charge in [0.2, 0.25) is 0 Å². The van der Waals surface area contributed by atoms with Crippen molar-refractivity contribution in [3.05, 3.63) is 70.4 Å². The zero-order valence-electron chi connectivity index (χ0n) is 15.9. The van der Waals surface area contributed by atoms with Crippen LogP contribution in [-0.4, -0.2) is 20.8 Å². The van der Waals surface area contributed by atoms with Crippen molar-refractivity contribution in [3.8, 4) is 17.0 Å². The van der Waals surface area contributed by atoms with Gasteiger partial charge in [0.1, 0.15) is 18.1 Å². The number of benzene rings is 2. The minimum Gasteiger partial charge on any atom is -0.490 e. The van der Waals surface area contributed by atoms with Gasteiger partial charge in [-0.2, -0.15) is 18.3 Å². The number of ether oxygens (including phenoxy) is 1. The van der Waals surface area contributed by atoms with Gasteiger partial charge in [0, 0.05) is 9.99 Å². The topological polar surface area (TPSA) is 27.1 Å². The van der Waals surface area contributed by atoms with Crippen LogP contribution in [0.4, 0.5) is 13.2 Å². The van der Waals surface area contributed by atoms with Gasteiger partial charge in [0.05, 0.1) is 17.3 Å². The minimum atomic E-state index is -4.50. The van der Waals surface area contributed by atoms with E-state index in [-0.39, 0.29) is 18.8 Å². The Hall–Kier alpha value is -1.74. The van der Waals surface area contributed by atoms with Gasteiger partial charge in [-0.1, -0.05) is 64.5 Å². The van der Waals surface area contributed by atoms with Crippen LogP contribution >= 0.6 is 34.2 Å². The van der Waals surface area contributed by atoms with Crippen LogP contribution in [0.1, 0.15) is 29.2 Å². The Morgan fingerprint density at radius 3 is 2.63 bits per heavy atom. The first-order chi connectivity index (χ1) is 14.4. The highest BCUT2D eigenvalue weighted by Gasteiger charge is 2.36. The van der Waals surface area contributed by atoms with E-state index >= 15 is 0 Å². The normalized spacial score (nSPS) is 16.0. The summed E-state index contributed by atoms with van der Waals surface area (Å²) < 4.78 is 48.2. The van der Waals surface area contributed by atoms with Crippen molar-refractivity contribution in [1.82, 2.24) is 9.78 Å². The van der Waals surface area contributed by atoms with Crippen molar-refractivity contribution in [2.24, 2.45) is 0 Å². The predicted molar refractivity (Wildman–Crippen MR) is 120 cm³/mol. The molecule has 2 aromatic carbocycles. The van der Waals surface area contributed by atoms with E-state index in [0.717, 1.165) is 28.0 Å². The van der Waals surface area contributed by atoms with E-state index in [4.69, 9.17) is 16.3 Å². The largest absolute Gasteiger partial charge is 0.490 e. The summed E-state index contributed by atoms with van der Waals surface area (Å²) in [7, 11) is 0. The van der Waals surface area contributed by atoms with Gasteiger partial charge >= 0.3 is 6.18 Å². The lowest BCUT2D eigenvalue weighted by Gasteiger charge is -2.14. The molecule has 0 aliphatic heterocycles. The molecular weight excluding hydrogens is 528 g/mol. The molecule has 1 aliphatic rings. The van der Waals surface area contributed by atoms with Crippen LogP contribution < -0.4 is 4.74 Å². The molecule has 0 fully saturated rings. The number of halogens is 5. The third-order valence-electron chi connectivity index (χ3n) is 5.28. The number of aryl methyl sites for hydroxylation is 1. The van der Waals surface area contributed by atoms with Gasteiger partial charge in [-0.3, -0.25) is 4.68 Å². The predicted octanol–water partition coefficient (Wildman–Crippen LogP) is 6.77. The fourth-order valence-electron chi connectivity index (χ4n) is 3.77. The average Bonchev–Trinajstić information content (AvgIpc) is 3.32. The summed E-state index contributed by atoms with van der Waals surface area (Å²) in [4.78, 5) is 0. The smallest absolute Gasteiger partial charge is 0.433 e. The Balaban J connectivity index is 1.51. The lowest BCUT2D eigenvalue weighted by atomic mass is 10.0. The third-order valence-corrected chi connectivity index (χ3v) is 6.64. The second-order valence-electron chi connectivity index (χ2n) is 7.22. The molecule has 1 aromatic heterocycles. The van der Waals surface area contributed by atoms with Crippen LogP contribution in [0.5, 0.6) is 5.75 Å². The molecule has 4 rings (SSSR count). The van der Waals surface area contributed by atoms with E-state index < -0.39 is 11.9 Å². The third kappa shape index (κ3) is 4.46. The van der Waals surface area contributed by atoms with Crippen LogP contribution in [0.3, 0.4) is 0 Å². The van der Waals surface area contributed by atoms with E-state index in [9.17, 15) is 13.2 Å². The molecule has 0 saturated carbocycles. The quantitative estimate of drug-likeness (QED) is 0.252. The number of alkyl halides is 4. The van der Waals surface area contributed by atoms with E-state index in [1.807, 2.05) is 18.2 Å². The number of nitrogens with zero attached hydrogens (tertiary/aromatic N) is 2. The van der Waals surface area contributed by atoms with E-state index in [1.165, 1.54) is 11.1 Å². The molecule has 0 radical (unpaired) electrons. The van der Waals surface area contributed by atoms with Crippen LogP contribution in [0.15, 0.2) is 48.5 Å². The lowest BCUT2D eigenvalue weighted by Crippen LogP contribution is -2.18. The highest BCUT2D eigenvalue weighted by atomic mass is 127. The Morgan fingerprint density at radius 2 is 1.93 bits per heavy atom. The van der Waals surface area contributed by atoms with Crippen LogP contribution in [-0.2, 0) is 19.1 Å². The SMILES string of the molecule is FC(F)(F)c1cc(-c2ccccc2)nn1CCOc1cc2c(cc1Cl)[C@H](CI)CC2. The fraction of sp³-hybridized carbons (Fsp3) is 0.318. The molecule has 0 bridgehead atoms. The monoisotopic (exact) mass is 546 g/mol. The van der Waals surface area contributed by atoms with Gasteiger partial charge in [-0.15, -0.1) is 0 Å². The first-order valence-corrected chi connectivity index (χ1v) is 11.5. The van der Waals surface area contributed by atoms with E-state index in [0.29, 0.717) is 22.3 Å². The maximum Gasteiger partial charge on any atom is 0.433 e. The Labute approximate surface area is 191 Å². The Bertz CT molecular complexity index is 1040. The maximum absolute atomic E-state index is 13.5. The molecular formula is C22H19ClF3IN2O. The van der Waals surface area contributed by atoms with E-state index in [1.54, 1.807) is 24.3 Å². The van der Waals surface area contributed by atoms with Crippen molar-refractivity contribution in [2.45, 2.75) is 31.5 Å². The number of hydrogen-bond acceptors (Lipinski definition) is 2. The summed E-state index contributed by atoms with van der Waals surface area (Å²) >= 11 is 8.75. The first-order valence-electron chi connectivity index (χ1n) is 9.58. The summed E-state index contributed by atoms with van der Waals surface area (Å²) in [5.41, 5.74) is 2.57. The molecule has 0 N–H and O–H groups in total.